The van der Waals surface area contributed by atoms with Crippen LogP contribution in [0.4, 0.5) is 4.39 Å². The van der Waals surface area contributed by atoms with Crippen LogP contribution in [0.15, 0.2) is 59.6 Å². The summed E-state index contributed by atoms with van der Waals surface area (Å²) < 4.78 is 35.4. The second-order valence-corrected chi connectivity index (χ2v) is 7.20. The Balaban J connectivity index is 1.92. The van der Waals surface area contributed by atoms with Crippen LogP contribution in [0.2, 0.25) is 0 Å². The van der Waals surface area contributed by atoms with Gasteiger partial charge in [0.25, 0.3) is 0 Å². The van der Waals surface area contributed by atoms with Gasteiger partial charge in [-0.15, -0.1) is 11.3 Å². The van der Waals surface area contributed by atoms with Crippen LogP contribution in [-0.2, 0) is 10.0 Å². The molecule has 2 aromatic carbocycles. The maximum absolute atomic E-state index is 12.9. The van der Waals surface area contributed by atoms with E-state index in [9.17, 15) is 12.8 Å². The molecule has 0 bridgehead atoms. The Morgan fingerprint density at radius 1 is 0.955 bits per heavy atom. The largest absolute Gasteiger partial charge is 0.244 e. The van der Waals surface area contributed by atoms with Crippen molar-refractivity contribution < 1.29 is 12.8 Å². The lowest BCUT2D eigenvalue weighted by Crippen LogP contribution is -2.11. The molecule has 0 fully saturated rings. The van der Waals surface area contributed by atoms with Crippen molar-refractivity contribution in [2.75, 3.05) is 0 Å². The smallest absolute Gasteiger partial charge is 0.238 e. The fourth-order valence-corrected chi connectivity index (χ4v) is 3.38. The van der Waals surface area contributed by atoms with Crippen LogP contribution in [0.5, 0.6) is 0 Å². The first kappa shape index (κ1) is 14.8. The lowest BCUT2D eigenvalue weighted by Gasteiger charge is -1.99. The summed E-state index contributed by atoms with van der Waals surface area (Å²) >= 11 is 1.44. The minimum atomic E-state index is -3.70. The van der Waals surface area contributed by atoms with Crippen LogP contribution in [0, 0.1) is 5.82 Å². The lowest BCUT2D eigenvalue weighted by molar-refractivity contribution is 0.598. The van der Waals surface area contributed by atoms with Gasteiger partial charge in [0.05, 0.1) is 9.77 Å². The third kappa shape index (κ3) is 3.06. The van der Waals surface area contributed by atoms with E-state index in [4.69, 9.17) is 5.14 Å². The SMILES string of the molecule is NS(=O)(=O)c1ccc(-c2ncc(-c3ccc(F)cc3)s2)cc1. The Hall–Kier alpha value is -2.09. The van der Waals surface area contributed by atoms with Crippen molar-refractivity contribution in [3.63, 3.8) is 0 Å². The van der Waals surface area contributed by atoms with E-state index < -0.39 is 10.0 Å². The van der Waals surface area contributed by atoms with Crippen LogP contribution in [-0.4, -0.2) is 13.4 Å². The zero-order chi connectivity index (χ0) is 15.7. The molecule has 4 nitrogen and oxygen atoms in total. The molecular formula is C15H11FN2O2S2. The van der Waals surface area contributed by atoms with E-state index in [1.165, 1.54) is 35.6 Å². The van der Waals surface area contributed by atoms with Gasteiger partial charge in [0, 0.05) is 11.8 Å². The molecule has 22 heavy (non-hydrogen) atoms. The van der Waals surface area contributed by atoms with Crippen molar-refractivity contribution in [2.45, 2.75) is 4.90 Å². The van der Waals surface area contributed by atoms with Crippen LogP contribution in [0.3, 0.4) is 0 Å². The van der Waals surface area contributed by atoms with Gasteiger partial charge in [-0.3, -0.25) is 0 Å². The molecule has 1 heterocycles. The minimum absolute atomic E-state index is 0.0616. The second-order valence-electron chi connectivity index (χ2n) is 4.61. The van der Waals surface area contributed by atoms with E-state index in [-0.39, 0.29) is 10.7 Å². The first-order valence-electron chi connectivity index (χ1n) is 6.28. The van der Waals surface area contributed by atoms with Crippen LogP contribution in [0.25, 0.3) is 21.0 Å². The highest BCUT2D eigenvalue weighted by molar-refractivity contribution is 7.89. The van der Waals surface area contributed by atoms with E-state index >= 15 is 0 Å². The van der Waals surface area contributed by atoms with Crippen LogP contribution in [0.1, 0.15) is 0 Å². The number of primary sulfonamides is 1. The molecule has 112 valence electrons. The van der Waals surface area contributed by atoms with Gasteiger partial charge in [-0.25, -0.2) is 22.9 Å². The summed E-state index contributed by atoms with van der Waals surface area (Å²) in [5.74, 6) is -0.285. The Morgan fingerprint density at radius 3 is 2.14 bits per heavy atom. The monoisotopic (exact) mass is 334 g/mol. The predicted molar refractivity (Wildman–Crippen MR) is 84.3 cm³/mol. The third-order valence-electron chi connectivity index (χ3n) is 3.06. The summed E-state index contributed by atoms with van der Waals surface area (Å²) in [6.07, 6.45) is 1.71. The fraction of sp³-hybridized carbons (Fsp3) is 0. The van der Waals surface area contributed by atoms with E-state index in [1.807, 2.05) is 0 Å². The first-order chi connectivity index (χ1) is 10.4. The highest BCUT2D eigenvalue weighted by Gasteiger charge is 2.10. The second kappa shape index (κ2) is 5.60. The molecule has 0 unspecified atom stereocenters. The van der Waals surface area contributed by atoms with Gasteiger partial charge in [0.1, 0.15) is 10.8 Å². The number of nitrogens with zero attached hydrogens (tertiary/aromatic N) is 1. The number of rotatable bonds is 3. The van der Waals surface area contributed by atoms with Gasteiger partial charge in [-0.2, -0.15) is 0 Å². The molecule has 0 saturated heterocycles. The predicted octanol–water partition coefficient (Wildman–Crippen LogP) is 3.26. The molecule has 7 heteroatoms. The van der Waals surface area contributed by atoms with Gasteiger partial charge in [0.2, 0.25) is 10.0 Å². The molecule has 0 aliphatic carbocycles. The maximum Gasteiger partial charge on any atom is 0.238 e. The molecule has 0 amide bonds. The topological polar surface area (TPSA) is 73.1 Å². The third-order valence-corrected chi connectivity index (χ3v) is 5.09. The number of hydrogen-bond donors (Lipinski definition) is 1. The van der Waals surface area contributed by atoms with Gasteiger partial charge < -0.3 is 0 Å². The molecule has 3 aromatic rings. The number of halogens is 1. The summed E-state index contributed by atoms with van der Waals surface area (Å²) in [6, 6.07) is 12.4. The van der Waals surface area contributed by atoms with Crippen LogP contribution < -0.4 is 5.14 Å². The average molecular weight is 334 g/mol. The summed E-state index contributed by atoms with van der Waals surface area (Å²) in [5.41, 5.74) is 1.68. The first-order valence-corrected chi connectivity index (χ1v) is 8.65. The van der Waals surface area contributed by atoms with E-state index in [0.29, 0.717) is 0 Å². The zero-order valence-corrected chi connectivity index (χ0v) is 12.9. The van der Waals surface area contributed by atoms with E-state index in [2.05, 4.69) is 4.98 Å². The van der Waals surface area contributed by atoms with E-state index in [0.717, 1.165) is 21.0 Å². The summed E-state index contributed by atoms with van der Waals surface area (Å²) in [4.78, 5) is 5.29. The van der Waals surface area contributed by atoms with Crippen molar-refractivity contribution in [2.24, 2.45) is 5.14 Å². The number of benzene rings is 2. The van der Waals surface area contributed by atoms with Crippen molar-refractivity contribution in [1.82, 2.24) is 4.98 Å². The normalized spacial score (nSPS) is 11.5. The molecule has 0 spiro atoms. The highest BCUT2D eigenvalue weighted by atomic mass is 32.2. The summed E-state index contributed by atoms with van der Waals surface area (Å²) in [5, 5.41) is 5.82. The summed E-state index contributed by atoms with van der Waals surface area (Å²) in [6.45, 7) is 0. The molecule has 0 saturated carbocycles. The average Bonchev–Trinajstić information content (AvgIpc) is 2.97. The summed E-state index contributed by atoms with van der Waals surface area (Å²) in [7, 11) is -3.70. The molecule has 2 N–H and O–H groups in total. The van der Waals surface area contributed by atoms with Crippen LogP contribution >= 0.6 is 11.3 Å². The fourth-order valence-electron chi connectivity index (χ4n) is 1.94. The molecule has 0 atom stereocenters. The van der Waals surface area contributed by atoms with Gasteiger partial charge in [0.15, 0.2) is 0 Å². The van der Waals surface area contributed by atoms with E-state index in [1.54, 1.807) is 30.5 Å². The molecule has 0 aliphatic heterocycles. The number of aromatic nitrogens is 1. The van der Waals surface area contributed by atoms with Gasteiger partial charge >= 0.3 is 0 Å². The maximum atomic E-state index is 12.9. The molecule has 0 radical (unpaired) electrons. The quantitative estimate of drug-likeness (QED) is 0.799. The zero-order valence-electron chi connectivity index (χ0n) is 11.2. The van der Waals surface area contributed by atoms with Crippen molar-refractivity contribution in [3.05, 3.63) is 60.5 Å². The van der Waals surface area contributed by atoms with Gasteiger partial charge in [-0.05, 0) is 29.8 Å². The standard InChI is InChI=1S/C15H11FN2O2S2/c16-12-5-1-10(2-6-12)14-9-18-15(21-14)11-3-7-13(8-4-11)22(17,19)20/h1-9H,(H2,17,19,20). The minimum Gasteiger partial charge on any atom is -0.244 e. The number of hydrogen-bond acceptors (Lipinski definition) is 4. The number of nitrogens with two attached hydrogens (primary N) is 1. The van der Waals surface area contributed by atoms with Crippen molar-refractivity contribution >= 4 is 21.4 Å². The number of thiazole rings is 1. The molecular weight excluding hydrogens is 323 g/mol. The highest BCUT2D eigenvalue weighted by Crippen LogP contribution is 2.32. The van der Waals surface area contributed by atoms with Gasteiger partial charge in [-0.1, -0.05) is 24.3 Å². The van der Waals surface area contributed by atoms with Crippen molar-refractivity contribution in [1.29, 1.82) is 0 Å². The lowest BCUT2D eigenvalue weighted by atomic mass is 10.2. The molecule has 0 aliphatic rings. The Labute approximate surface area is 131 Å². The Morgan fingerprint density at radius 2 is 1.55 bits per heavy atom. The molecule has 3 rings (SSSR count). The molecule has 1 aromatic heterocycles. The number of sulfonamides is 1. The van der Waals surface area contributed by atoms with Crippen molar-refractivity contribution in [3.8, 4) is 21.0 Å². The Kier molecular flexibility index (Phi) is 3.78. The Bertz CT molecular complexity index is 901.